The second kappa shape index (κ2) is 8.49. The monoisotopic (exact) mass is 342 g/mol. The van der Waals surface area contributed by atoms with Crippen molar-refractivity contribution in [3.63, 3.8) is 0 Å². The average molecular weight is 342 g/mol. The van der Waals surface area contributed by atoms with E-state index in [1.54, 1.807) is 36.4 Å². The highest BCUT2D eigenvalue weighted by atomic mass is 16.5. The number of aromatic carboxylic acids is 1. The van der Waals surface area contributed by atoms with Gasteiger partial charge in [0, 0.05) is 13.1 Å². The highest BCUT2D eigenvalue weighted by Crippen LogP contribution is 2.16. The Bertz CT molecular complexity index is 789. The molecule has 0 aromatic heterocycles. The molecule has 7 heteroatoms. The molecule has 2 aromatic rings. The number of carbonyl (C=O) groups excluding carboxylic acids is 2. The van der Waals surface area contributed by atoms with Crippen molar-refractivity contribution in [1.82, 2.24) is 10.6 Å². The maximum absolute atomic E-state index is 12.1. The molecule has 3 N–H and O–H groups in total. The second-order valence-corrected chi connectivity index (χ2v) is 5.06. The first kappa shape index (κ1) is 18.0. The molecule has 0 fully saturated rings. The van der Waals surface area contributed by atoms with E-state index < -0.39 is 11.9 Å². The molecule has 2 rings (SSSR count). The van der Waals surface area contributed by atoms with Crippen LogP contribution in [0.1, 0.15) is 31.1 Å². The number of para-hydroxylation sites is 1. The first-order valence-corrected chi connectivity index (χ1v) is 7.56. The van der Waals surface area contributed by atoms with Crippen molar-refractivity contribution in [2.45, 2.75) is 0 Å². The molecule has 0 aliphatic rings. The van der Waals surface area contributed by atoms with E-state index in [0.29, 0.717) is 11.3 Å². The van der Waals surface area contributed by atoms with Crippen molar-refractivity contribution in [3.05, 3.63) is 65.2 Å². The first-order valence-electron chi connectivity index (χ1n) is 7.56. The molecule has 2 amide bonds. The maximum Gasteiger partial charge on any atom is 0.336 e. The van der Waals surface area contributed by atoms with Gasteiger partial charge in [0.15, 0.2) is 0 Å². The quantitative estimate of drug-likeness (QED) is 0.662. The number of amides is 2. The number of hydrogen-bond donors (Lipinski definition) is 3. The van der Waals surface area contributed by atoms with Crippen LogP contribution >= 0.6 is 0 Å². The van der Waals surface area contributed by atoms with Crippen LogP contribution in [0.25, 0.3) is 0 Å². The molecule has 0 unspecified atom stereocenters. The van der Waals surface area contributed by atoms with Gasteiger partial charge in [-0.05, 0) is 24.3 Å². The van der Waals surface area contributed by atoms with Gasteiger partial charge in [0.25, 0.3) is 11.8 Å². The lowest BCUT2D eigenvalue weighted by Gasteiger charge is -2.10. The van der Waals surface area contributed by atoms with E-state index >= 15 is 0 Å². The van der Waals surface area contributed by atoms with Gasteiger partial charge in [-0.1, -0.05) is 24.3 Å². The highest BCUT2D eigenvalue weighted by Gasteiger charge is 2.15. The zero-order valence-corrected chi connectivity index (χ0v) is 13.6. The summed E-state index contributed by atoms with van der Waals surface area (Å²) in [5.74, 6) is -1.54. The summed E-state index contributed by atoms with van der Waals surface area (Å²) in [4.78, 5) is 35.3. The molecule has 0 heterocycles. The molecule has 0 saturated heterocycles. The van der Waals surface area contributed by atoms with E-state index in [1.165, 1.54) is 19.2 Å². The molecule has 0 aliphatic carbocycles. The van der Waals surface area contributed by atoms with E-state index in [4.69, 9.17) is 9.84 Å². The molecule has 0 saturated carbocycles. The molecule has 0 radical (unpaired) electrons. The van der Waals surface area contributed by atoms with Gasteiger partial charge in [-0.25, -0.2) is 4.79 Å². The molecule has 2 aromatic carbocycles. The molecule has 7 nitrogen and oxygen atoms in total. The molecule has 0 aliphatic heterocycles. The molecular weight excluding hydrogens is 324 g/mol. The van der Waals surface area contributed by atoms with E-state index in [1.807, 2.05) is 0 Å². The summed E-state index contributed by atoms with van der Waals surface area (Å²) in [5.41, 5.74) is 0.400. The minimum absolute atomic E-state index is 0.0712. The Hall–Kier alpha value is -3.35. The highest BCUT2D eigenvalue weighted by molar-refractivity contribution is 6.04. The summed E-state index contributed by atoms with van der Waals surface area (Å²) in [5, 5.41) is 14.3. The van der Waals surface area contributed by atoms with Gasteiger partial charge in [0.05, 0.1) is 23.8 Å². The van der Waals surface area contributed by atoms with Crippen LogP contribution in [0.15, 0.2) is 48.5 Å². The van der Waals surface area contributed by atoms with Crippen molar-refractivity contribution >= 4 is 17.8 Å². The van der Waals surface area contributed by atoms with Crippen LogP contribution in [0, 0.1) is 0 Å². The third-order valence-electron chi connectivity index (χ3n) is 3.45. The number of rotatable bonds is 7. The van der Waals surface area contributed by atoms with Crippen molar-refractivity contribution < 1.29 is 24.2 Å². The zero-order chi connectivity index (χ0) is 18.2. The number of nitrogens with one attached hydrogen (secondary N) is 2. The fraction of sp³-hybridized carbons (Fsp3) is 0.167. The van der Waals surface area contributed by atoms with Gasteiger partial charge in [-0.15, -0.1) is 0 Å². The Morgan fingerprint density at radius 1 is 0.840 bits per heavy atom. The lowest BCUT2D eigenvalue weighted by atomic mass is 10.1. The summed E-state index contributed by atoms with van der Waals surface area (Å²) in [6.07, 6.45) is 0. The number of benzene rings is 2. The second-order valence-electron chi connectivity index (χ2n) is 5.06. The number of methoxy groups -OCH3 is 1. The molecule has 0 bridgehead atoms. The maximum atomic E-state index is 12.1. The minimum atomic E-state index is -1.17. The molecule has 0 spiro atoms. The lowest BCUT2D eigenvalue weighted by molar-refractivity contribution is 0.0691. The fourth-order valence-corrected chi connectivity index (χ4v) is 2.24. The van der Waals surface area contributed by atoms with Crippen LogP contribution in [0.5, 0.6) is 5.75 Å². The lowest BCUT2D eigenvalue weighted by Crippen LogP contribution is -2.35. The fourth-order valence-electron chi connectivity index (χ4n) is 2.24. The van der Waals surface area contributed by atoms with Crippen molar-refractivity contribution in [3.8, 4) is 5.75 Å². The van der Waals surface area contributed by atoms with Crippen LogP contribution in [0.2, 0.25) is 0 Å². The van der Waals surface area contributed by atoms with Crippen molar-refractivity contribution in [2.75, 3.05) is 20.2 Å². The van der Waals surface area contributed by atoms with Crippen LogP contribution in [0.3, 0.4) is 0 Å². The Kier molecular flexibility index (Phi) is 6.11. The van der Waals surface area contributed by atoms with E-state index in [9.17, 15) is 14.4 Å². The van der Waals surface area contributed by atoms with Gasteiger partial charge in [0.1, 0.15) is 5.75 Å². The minimum Gasteiger partial charge on any atom is -0.496 e. The van der Waals surface area contributed by atoms with Crippen LogP contribution in [-0.2, 0) is 0 Å². The van der Waals surface area contributed by atoms with Gasteiger partial charge in [-0.3, -0.25) is 9.59 Å². The summed E-state index contributed by atoms with van der Waals surface area (Å²) in [7, 11) is 1.48. The van der Waals surface area contributed by atoms with Crippen molar-refractivity contribution in [1.29, 1.82) is 0 Å². The molecule has 130 valence electrons. The number of ether oxygens (including phenoxy) is 1. The van der Waals surface area contributed by atoms with Gasteiger partial charge in [-0.2, -0.15) is 0 Å². The number of carboxylic acid groups (broad SMARTS) is 1. The Morgan fingerprint density at radius 2 is 1.32 bits per heavy atom. The predicted molar refractivity (Wildman–Crippen MR) is 91.1 cm³/mol. The van der Waals surface area contributed by atoms with Gasteiger partial charge in [0.2, 0.25) is 0 Å². The molecule has 25 heavy (non-hydrogen) atoms. The van der Waals surface area contributed by atoms with E-state index in [0.717, 1.165) is 0 Å². The summed E-state index contributed by atoms with van der Waals surface area (Å²) < 4.78 is 5.12. The largest absolute Gasteiger partial charge is 0.496 e. The van der Waals surface area contributed by atoms with E-state index in [-0.39, 0.29) is 30.1 Å². The zero-order valence-electron chi connectivity index (χ0n) is 13.6. The predicted octanol–water partition coefficient (Wildman–Crippen LogP) is 1.55. The smallest absolute Gasteiger partial charge is 0.336 e. The normalized spacial score (nSPS) is 9.96. The van der Waals surface area contributed by atoms with Crippen molar-refractivity contribution in [2.24, 2.45) is 0 Å². The van der Waals surface area contributed by atoms with Gasteiger partial charge < -0.3 is 20.5 Å². The molecule has 0 atom stereocenters. The van der Waals surface area contributed by atoms with Crippen LogP contribution in [0.4, 0.5) is 0 Å². The first-order chi connectivity index (χ1) is 12.0. The standard InChI is InChI=1S/C18H18N2O5/c1-25-15-9-5-4-8-14(15)17(22)20-11-10-19-16(21)12-6-2-3-7-13(12)18(23)24/h2-9H,10-11H2,1H3,(H,19,21)(H,20,22)(H,23,24). The SMILES string of the molecule is COc1ccccc1C(=O)NCCNC(=O)c1ccccc1C(=O)O. The average Bonchev–Trinajstić information content (AvgIpc) is 2.64. The van der Waals surface area contributed by atoms with Crippen LogP contribution in [-0.4, -0.2) is 43.1 Å². The van der Waals surface area contributed by atoms with Gasteiger partial charge >= 0.3 is 5.97 Å². The number of carbonyl (C=O) groups is 3. The Balaban J connectivity index is 1.88. The third-order valence-corrected chi connectivity index (χ3v) is 3.45. The summed E-state index contributed by atoms with van der Waals surface area (Å²) in [6.45, 7) is 0.353. The van der Waals surface area contributed by atoms with E-state index in [2.05, 4.69) is 10.6 Å². The summed E-state index contributed by atoms with van der Waals surface area (Å²) >= 11 is 0. The Labute approximate surface area is 144 Å². The number of carboxylic acids is 1. The molecular formula is C18H18N2O5. The van der Waals surface area contributed by atoms with Crippen LogP contribution < -0.4 is 15.4 Å². The topological polar surface area (TPSA) is 105 Å². The number of hydrogen-bond acceptors (Lipinski definition) is 4. The Morgan fingerprint density at radius 3 is 1.88 bits per heavy atom. The third kappa shape index (κ3) is 4.57. The summed E-state index contributed by atoms with van der Waals surface area (Å²) in [6, 6.07) is 12.7.